The van der Waals surface area contributed by atoms with Gasteiger partial charge in [0.15, 0.2) is 0 Å². The second kappa shape index (κ2) is 13.4. The summed E-state index contributed by atoms with van der Waals surface area (Å²) in [6.07, 6.45) is 3.71. The minimum atomic E-state index is -1.27. The zero-order chi connectivity index (χ0) is 31.8. The van der Waals surface area contributed by atoms with Crippen molar-refractivity contribution >= 4 is 47.4 Å². The summed E-state index contributed by atoms with van der Waals surface area (Å²) in [6.45, 7) is 4.73. The molecule has 3 aromatic heterocycles. The fourth-order valence-corrected chi connectivity index (χ4v) is 10.2. The second-order valence-corrected chi connectivity index (χ2v) is 15.8. The van der Waals surface area contributed by atoms with Gasteiger partial charge in [-0.1, -0.05) is 139 Å². The second-order valence-electron chi connectivity index (χ2n) is 12.6. The number of nitrogens with zero attached hydrogens (tertiary/aromatic N) is 4. The zero-order valence-electron chi connectivity index (χ0n) is 27.0. The molecule has 0 aliphatic carbocycles. The molecule has 0 bridgehead atoms. The van der Waals surface area contributed by atoms with E-state index in [4.69, 9.17) is 15.0 Å². The number of pyridine rings is 3. The van der Waals surface area contributed by atoms with Crippen molar-refractivity contribution in [3.63, 3.8) is 0 Å². The van der Waals surface area contributed by atoms with E-state index in [2.05, 4.69) is 158 Å². The first-order valence-corrected chi connectivity index (χ1v) is 17.8. The molecule has 1 aliphatic heterocycles. The maximum Gasteiger partial charge on any atom is 0.142 e. The molecule has 4 nitrogen and oxygen atoms in total. The van der Waals surface area contributed by atoms with Gasteiger partial charge < -0.3 is 0 Å². The Kier molecular flexibility index (Phi) is 8.89. The van der Waals surface area contributed by atoms with Gasteiger partial charge in [0.05, 0.1) is 16.9 Å². The number of para-hydroxylation sites is 2. The fourth-order valence-electron chi connectivity index (χ4n) is 7.00. The van der Waals surface area contributed by atoms with Gasteiger partial charge in [-0.05, 0) is 54.3 Å². The Hall–Kier alpha value is -4.74. The Labute approximate surface area is 297 Å². The fraction of sp³-hybridized carbons (Fsp3) is 0.119. The van der Waals surface area contributed by atoms with E-state index >= 15 is 0 Å². The van der Waals surface area contributed by atoms with Crippen LogP contribution < -0.4 is 15.3 Å². The number of aromatic nitrogens is 3. The van der Waals surface area contributed by atoms with Gasteiger partial charge in [0.1, 0.15) is 20.4 Å². The van der Waals surface area contributed by atoms with E-state index in [0.717, 1.165) is 58.0 Å². The first-order valence-electron chi connectivity index (χ1n) is 16.3. The third-order valence-electron chi connectivity index (χ3n) is 9.33. The van der Waals surface area contributed by atoms with Gasteiger partial charge in [-0.15, -0.1) is 0 Å². The van der Waals surface area contributed by atoms with Gasteiger partial charge >= 0.3 is 0 Å². The smallest absolute Gasteiger partial charge is 0.142 e. The van der Waals surface area contributed by atoms with Crippen molar-refractivity contribution in [1.82, 2.24) is 15.0 Å². The molecule has 6 heteroatoms. The number of rotatable bonds is 6. The molecular weight excluding hydrogens is 781 g/mol. The number of anilines is 3. The molecule has 48 heavy (non-hydrogen) atoms. The number of aryl methyl sites for hydroxylation is 2. The van der Waals surface area contributed by atoms with E-state index < -0.39 is 8.80 Å². The van der Waals surface area contributed by atoms with Crippen LogP contribution >= 0.6 is 0 Å². The maximum absolute atomic E-state index is 5.53. The van der Waals surface area contributed by atoms with Crippen LogP contribution in [0.3, 0.4) is 0 Å². The van der Waals surface area contributed by atoms with Gasteiger partial charge in [-0.25, -0.2) is 9.97 Å². The summed E-state index contributed by atoms with van der Waals surface area (Å²) in [7, 11) is -1.27. The number of hydrogen-bond acceptors (Lipinski definition) is 4. The summed E-state index contributed by atoms with van der Waals surface area (Å²) < 4.78 is 0. The SMILES string of the molecule is CC(C)(c1cccc(N2c3ccccc3CCc3ccc(-c4cccc5cccnc45)nc32)n1)[Si](c1ccccc1)c1ccccc1.[Ir]. The molecule has 0 atom stereocenters. The van der Waals surface area contributed by atoms with Crippen molar-refractivity contribution < 1.29 is 20.1 Å². The van der Waals surface area contributed by atoms with Crippen molar-refractivity contribution in [2.75, 3.05) is 4.90 Å². The molecule has 7 aromatic rings. The summed E-state index contributed by atoms with van der Waals surface area (Å²) in [5.41, 5.74) is 7.62. The topological polar surface area (TPSA) is 41.9 Å². The van der Waals surface area contributed by atoms with E-state index in [1.807, 2.05) is 12.3 Å². The molecule has 2 radical (unpaired) electrons. The number of benzene rings is 4. The molecule has 4 aromatic carbocycles. The molecule has 0 N–H and O–H groups in total. The molecular formula is C42H35IrN4Si. The van der Waals surface area contributed by atoms with E-state index in [0.29, 0.717) is 0 Å². The summed E-state index contributed by atoms with van der Waals surface area (Å²) in [5, 5.41) is 3.64. The van der Waals surface area contributed by atoms with Crippen LogP contribution in [0.15, 0.2) is 152 Å². The molecule has 0 spiro atoms. The van der Waals surface area contributed by atoms with Crippen LogP contribution in [0.2, 0.25) is 0 Å². The van der Waals surface area contributed by atoms with Gasteiger partial charge in [-0.3, -0.25) is 9.88 Å². The van der Waals surface area contributed by atoms with Crippen LogP contribution in [0.5, 0.6) is 0 Å². The average molecular weight is 816 g/mol. The normalized spacial score (nSPS) is 12.6. The van der Waals surface area contributed by atoms with E-state index in [9.17, 15) is 0 Å². The first-order chi connectivity index (χ1) is 23.1. The quantitative estimate of drug-likeness (QED) is 0.158. The Morgan fingerprint density at radius 3 is 2.04 bits per heavy atom. The maximum atomic E-state index is 5.53. The van der Waals surface area contributed by atoms with Crippen LogP contribution in [0.1, 0.15) is 30.7 Å². The summed E-state index contributed by atoms with van der Waals surface area (Å²) in [6, 6.07) is 52.0. The number of fused-ring (bicyclic) bond motifs is 3. The van der Waals surface area contributed by atoms with E-state index in [1.54, 1.807) is 0 Å². The van der Waals surface area contributed by atoms with E-state index in [-0.39, 0.29) is 25.1 Å². The first kappa shape index (κ1) is 31.8. The molecule has 1 aliphatic rings. The van der Waals surface area contributed by atoms with Crippen LogP contribution in [0.4, 0.5) is 17.3 Å². The van der Waals surface area contributed by atoms with Crippen LogP contribution in [0.25, 0.3) is 22.2 Å². The average Bonchev–Trinajstić information content (AvgIpc) is 3.29. The predicted octanol–water partition coefficient (Wildman–Crippen LogP) is 8.38. The molecule has 8 rings (SSSR count). The minimum absolute atomic E-state index is 0. The zero-order valence-corrected chi connectivity index (χ0v) is 30.4. The van der Waals surface area contributed by atoms with Gasteiger partial charge in [0.2, 0.25) is 0 Å². The Morgan fingerprint density at radius 1 is 0.604 bits per heavy atom. The van der Waals surface area contributed by atoms with Gasteiger partial charge in [-0.2, -0.15) is 0 Å². The molecule has 0 saturated carbocycles. The Morgan fingerprint density at radius 2 is 1.27 bits per heavy atom. The van der Waals surface area contributed by atoms with Crippen molar-refractivity contribution in [2.45, 2.75) is 31.7 Å². The van der Waals surface area contributed by atoms with Crippen molar-refractivity contribution in [3.05, 3.63) is 169 Å². The predicted molar refractivity (Wildman–Crippen MR) is 196 cm³/mol. The van der Waals surface area contributed by atoms with Crippen LogP contribution in [0, 0.1) is 0 Å². The Balaban J connectivity index is 0.00000364. The molecule has 4 heterocycles. The van der Waals surface area contributed by atoms with Gasteiger partial charge in [0.25, 0.3) is 0 Å². The van der Waals surface area contributed by atoms with Crippen molar-refractivity contribution in [1.29, 1.82) is 0 Å². The molecule has 236 valence electrons. The monoisotopic (exact) mass is 816 g/mol. The minimum Gasteiger partial charge on any atom is -0.278 e. The van der Waals surface area contributed by atoms with Gasteiger partial charge in [0, 0.05) is 48.0 Å². The number of hydrogen-bond donors (Lipinski definition) is 0. The largest absolute Gasteiger partial charge is 0.278 e. The summed E-state index contributed by atoms with van der Waals surface area (Å²) in [5.74, 6) is 1.81. The standard InChI is InChI=1S/C42H35N4Si.Ir/c1-42(2,47(33-17-5-3-6-18-33)34-19-7-4-8-20-34)38-23-12-24-39(45-38)46-37-22-10-9-14-30(37)25-26-32-27-28-36(44-41(32)46)35-21-11-15-31-16-13-29-43-40(31)35;/h3-24,27-29H,25-26H2,1-2H3;. The molecule has 0 unspecified atom stereocenters. The summed E-state index contributed by atoms with van der Waals surface area (Å²) >= 11 is 0. The molecule has 0 fully saturated rings. The summed E-state index contributed by atoms with van der Waals surface area (Å²) in [4.78, 5) is 18.0. The molecule has 0 saturated heterocycles. The molecule has 0 amide bonds. The van der Waals surface area contributed by atoms with Crippen LogP contribution in [-0.2, 0) is 38.0 Å². The van der Waals surface area contributed by atoms with Crippen molar-refractivity contribution in [3.8, 4) is 11.3 Å². The van der Waals surface area contributed by atoms with Crippen LogP contribution in [-0.4, -0.2) is 23.7 Å². The van der Waals surface area contributed by atoms with Crippen molar-refractivity contribution in [2.24, 2.45) is 0 Å². The third-order valence-corrected chi connectivity index (χ3v) is 12.7. The van der Waals surface area contributed by atoms with E-state index in [1.165, 1.54) is 21.5 Å². The third kappa shape index (κ3) is 5.81. The Bertz CT molecular complexity index is 2160.